The van der Waals surface area contributed by atoms with Gasteiger partial charge in [-0.15, -0.1) is 0 Å². The maximum atomic E-state index is 12.8. The quantitative estimate of drug-likeness (QED) is 0.687. The van der Waals surface area contributed by atoms with Gasteiger partial charge in [-0.1, -0.05) is 44.7 Å². The topological polar surface area (TPSA) is 26.3 Å². The zero-order valence-corrected chi connectivity index (χ0v) is 15.3. The van der Waals surface area contributed by atoms with Gasteiger partial charge in [0.2, 0.25) is 0 Å². The number of carbonyl (C=O) groups is 1. The van der Waals surface area contributed by atoms with Gasteiger partial charge in [0.1, 0.15) is 11.5 Å². The van der Waals surface area contributed by atoms with E-state index in [1.807, 2.05) is 12.1 Å². The standard InChI is InChI=1S/C22H32O2/c1-3-4-16-5-7-18(8-6-16)21-14-11-19(15-22(21)23)17-9-12-20(24-2)13-10-17/h9-10,12-13,16,18-19,21H,3-8,11,14-15H2,1-2H3. The molecule has 1 aromatic rings. The van der Waals surface area contributed by atoms with E-state index in [1.54, 1.807) is 7.11 Å². The molecule has 0 spiro atoms. The predicted molar refractivity (Wildman–Crippen MR) is 98.4 cm³/mol. The highest BCUT2D eigenvalue weighted by atomic mass is 16.5. The summed E-state index contributed by atoms with van der Waals surface area (Å²) in [6.07, 6.45) is 11.0. The van der Waals surface area contributed by atoms with E-state index in [2.05, 4.69) is 19.1 Å². The molecule has 2 heteroatoms. The van der Waals surface area contributed by atoms with Gasteiger partial charge in [0.15, 0.2) is 0 Å². The van der Waals surface area contributed by atoms with Gasteiger partial charge in [0.05, 0.1) is 7.11 Å². The Morgan fingerprint density at radius 3 is 2.29 bits per heavy atom. The van der Waals surface area contributed by atoms with Crippen LogP contribution >= 0.6 is 0 Å². The highest BCUT2D eigenvalue weighted by molar-refractivity contribution is 5.83. The highest BCUT2D eigenvalue weighted by Gasteiger charge is 2.36. The van der Waals surface area contributed by atoms with Crippen LogP contribution in [0.2, 0.25) is 0 Å². The van der Waals surface area contributed by atoms with E-state index < -0.39 is 0 Å². The number of carbonyl (C=O) groups excluding carboxylic acids is 1. The number of hydrogen-bond donors (Lipinski definition) is 0. The van der Waals surface area contributed by atoms with E-state index in [0.29, 0.717) is 23.5 Å². The molecule has 2 saturated carbocycles. The molecule has 0 heterocycles. The average molecular weight is 328 g/mol. The van der Waals surface area contributed by atoms with Crippen LogP contribution in [0.5, 0.6) is 5.75 Å². The third kappa shape index (κ3) is 4.02. The Hall–Kier alpha value is -1.31. The Balaban J connectivity index is 1.54. The minimum Gasteiger partial charge on any atom is -0.497 e. The molecule has 2 aliphatic carbocycles. The zero-order valence-electron chi connectivity index (χ0n) is 15.3. The number of hydrogen-bond acceptors (Lipinski definition) is 2. The Kier molecular flexibility index (Phi) is 5.97. The summed E-state index contributed by atoms with van der Waals surface area (Å²) in [5, 5.41) is 0. The molecule has 0 N–H and O–H groups in total. The van der Waals surface area contributed by atoms with Crippen molar-refractivity contribution in [2.45, 2.75) is 70.6 Å². The van der Waals surface area contributed by atoms with Crippen LogP contribution in [0, 0.1) is 17.8 Å². The summed E-state index contributed by atoms with van der Waals surface area (Å²) in [5.74, 6) is 3.78. The van der Waals surface area contributed by atoms with Crippen LogP contribution in [-0.2, 0) is 4.79 Å². The molecule has 2 fully saturated rings. The molecule has 2 unspecified atom stereocenters. The Morgan fingerprint density at radius 2 is 1.71 bits per heavy atom. The van der Waals surface area contributed by atoms with Crippen LogP contribution in [-0.4, -0.2) is 12.9 Å². The van der Waals surface area contributed by atoms with Gasteiger partial charge in [0.25, 0.3) is 0 Å². The molecule has 0 aliphatic heterocycles. The number of ketones is 1. The lowest BCUT2D eigenvalue weighted by Gasteiger charge is -2.37. The molecule has 0 amide bonds. The lowest BCUT2D eigenvalue weighted by molar-refractivity contribution is -0.127. The molecule has 0 saturated heterocycles. The molecule has 3 rings (SSSR count). The minimum absolute atomic E-state index is 0.349. The lowest BCUT2D eigenvalue weighted by Crippen LogP contribution is -2.32. The van der Waals surface area contributed by atoms with Crippen molar-refractivity contribution in [3.8, 4) is 5.75 Å². The van der Waals surface area contributed by atoms with Crippen LogP contribution in [0.25, 0.3) is 0 Å². The van der Waals surface area contributed by atoms with Crippen molar-refractivity contribution in [3.05, 3.63) is 29.8 Å². The van der Waals surface area contributed by atoms with Gasteiger partial charge in [-0.25, -0.2) is 0 Å². The highest BCUT2D eigenvalue weighted by Crippen LogP contribution is 2.43. The summed E-state index contributed by atoms with van der Waals surface area (Å²) in [5.41, 5.74) is 1.30. The SMILES string of the molecule is CCCC1CCC(C2CCC(c3ccc(OC)cc3)CC2=O)CC1. The van der Waals surface area contributed by atoms with Crippen molar-refractivity contribution in [1.29, 1.82) is 0 Å². The Bertz CT molecular complexity index is 525. The number of benzene rings is 1. The summed E-state index contributed by atoms with van der Waals surface area (Å²) >= 11 is 0. The minimum atomic E-state index is 0.349. The Labute approximate surface area is 147 Å². The molecule has 24 heavy (non-hydrogen) atoms. The first kappa shape index (κ1) is 17.5. The van der Waals surface area contributed by atoms with Gasteiger partial charge in [-0.3, -0.25) is 4.79 Å². The molecule has 2 aliphatic rings. The van der Waals surface area contributed by atoms with Crippen molar-refractivity contribution in [1.82, 2.24) is 0 Å². The van der Waals surface area contributed by atoms with Gasteiger partial charge >= 0.3 is 0 Å². The third-order valence-corrected chi connectivity index (χ3v) is 6.43. The van der Waals surface area contributed by atoms with Gasteiger partial charge < -0.3 is 4.74 Å². The van der Waals surface area contributed by atoms with Crippen molar-refractivity contribution in [3.63, 3.8) is 0 Å². The summed E-state index contributed by atoms with van der Waals surface area (Å²) < 4.78 is 5.23. The van der Waals surface area contributed by atoms with E-state index in [0.717, 1.165) is 30.9 Å². The number of rotatable bonds is 5. The van der Waals surface area contributed by atoms with Crippen molar-refractivity contribution >= 4 is 5.78 Å². The molecule has 2 nitrogen and oxygen atoms in total. The van der Waals surface area contributed by atoms with Crippen molar-refractivity contribution in [2.75, 3.05) is 7.11 Å². The van der Waals surface area contributed by atoms with E-state index in [-0.39, 0.29) is 0 Å². The van der Waals surface area contributed by atoms with Crippen molar-refractivity contribution in [2.24, 2.45) is 17.8 Å². The Morgan fingerprint density at radius 1 is 1.00 bits per heavy atom. The average Bonchev–Trinajstić information content (AvgIpc) is 2.63. The monoisotopic (exact) mass is 328 g/mol. The fourth-order valence-corrected chi connectivity index (χ4v) is 4.98. The van der Waals surface area contributed by atoms with Crippen LogP contribution in [0.4, 0.5) is 0 Å². The largest absolute Gasteiger partial charge is 0.497 e. The summed E-state index contributed by atoms with van der Waals surface area (Å²) in [6.45, 7) is 2.29. The fraction of sp³-hybridized carbons (Fsp3) is 0.682. The molecule has 1 aromatic carbocycles. The first-order chi connectivity index (χ1) is 11.7. The van der Waals surface area contributed by atoms with E-state index in [9.17, 15) is 4.79 Å². The van der Waals surface area contributed by atoms with Crippen LogP contribution in [0.3, 0.4) is 0 Å². The normalized spacial score (nSPS) is 31.0. The smallest absolute Gasteiger partial charge is 0.136 e. The van der Waals surface area contributed by atoms with Gasteiger partial charge in [0, 0.05) is 12.3 Å². The van der Waals surface area contributed by atoms with Crippen LogP contribution < -0.4 is 4.74 Å². The summed E-state index contributed by atoms with van der Waals surface area (Å²) in [4.78, 5) is 12.8. The van der Waals surface area contributed by atoms with E-state index >= 15 is 0 Å². The van der Waals surface area contributed by atoms with Crippen molar-refractivity contribution < 1.29 is 9.53 Å². The summed E-state index contributed by atoms with van der Waals surface area (Å²) in [7, 11) is 1.69. The molecular formula is C22H32O2. The predicted octanol–water partition coefficient (Wildman–Crippen LogP) is 5.75. The number of methoxy groups -OCH3 is 1. The molecule has 132 valence electrons. The maximum Gasteiger partial charge on any atom is 0.136 e. The molecule has 0 bridgehead atoms. The van der Waals surface area contributed by atoms with Crippen LogP contribution in [0.1, 0.15) is 76.2 Å². The van der Waals surface area contributed by atoms with Gasteiger partial charge in [-0.2, -0.15) is 0 Å². The molecule has 0 aromatic heterocycles. The van der Waals surface area contributed by atoms with E-state index in [4.69, 9.17) is 4.74 Å². The summed E-state index contributed by atoms with van der Waals surface area (Å²) in [6, 6.07) is 8.29. The van der Waals surface area contributed by atoms with E-state index in [1.165, 1.54) is 44.1 Å². The molecule has 2 atom stereocenters. The third-order valence-electron chi connectivity index (χ3n) is 6.43. The first-order valence-corrected chi connectivity index (χ1v) is 9.88. The second kappa shape index (κ2) is 8.18. The molecular weight excluding hydrogens is 296 g/mol. The van der Waals surface area contributed by atoms with Crippen LogP contribution in [0.15, 0.2) is 24.3 Å². The zero-order chi connectivity index (χ0) is 16.9. The second-order valence-electron chi connectivity index (χ2n) is 7.89. The maximum absolute atomic E-state index is 12.8. The second-order valence-corrected chi connectivity index (χ2v) is 7.89. The number of ether oxygens (including phenoxy) is 1. The lowest BCUT2D eigenvalue weighted by atomic mass is 9.67. The molecule has 0 radical (unpaired) electrons. The first-order valence-electron chi connectivity index (χ1n) is 9.88. The fourth-order valence-electron chi connectivity index (χ4n) is 4.98. The van der Waals surface area contributed by atoms with Gasteiger partial charge in [-0.05, 0) is 61.1 Å². The number of Topliss-reactive ketones (excluding diaryl/α,β-unsaturated/α-hetero) is 1.